The Hall–Kier alpha value is -2.32. The van der Waals surface area contributed by atoms with Crippen molar-refractivity contribution < 1.29 is 9.53 Å². The fraction of sp³-hybridized carbons (Fsp3) is 0.143. The van der Waals surface area contributed by atoms with Crippen LogP contribution < -0.4 is 10.1 Å². The van der Waals surface area contributed by atoms with Crippen LogP contribution in [0.15, 0.2) is 29.6 Å². The predicted octanol–water partition coefficient (Wildman–Crippen LogP) is 2.06. The van der Waals surface area contributed by atoms with Crippen molar-refractivity contribution in [1.29, 1.82) is 0 Å². The zero-order valence-electron chi connectivity index (χ0n) is 10.3. The van der Waals surface area contributed by atoms with Crippen LogP contribution in [0, 0.1) is 12.3 Å². The number of para-hydroxylation sites is 1. The summed E-state index contributed by atoms with van der Waals surface area (Å²) < 4.78 is 5.21. The molecule has 1 aromatic carbocycles. The number of rotatable bonds is 4. The zero-order chi connectivity index (χ0) is 13.7. The maximum Gasteiger partial charge on any atom is 0.271 e. The van der Waals surface area contributed by atoms with Crippen LogP contribution in [0.25, 0.3) is 0 Å². The number of aromatic nitrogens is 1. The lowest BCUT2D eigenvalue weighted by Crippen LogP contribution is -2.23. The Morgan fingerprint density at radius 1 is 1.53 bits per heavy atom. The molecule has 0 fully saturated rings. The Morgan fingerprint density at radius 2 is 2.32 bits per heavy atom. The van der Waals surface area contributed by atoms with Gasteiger partial charge in [0.15, 0.2) is 5.01 Å². The van der Waals surface area contributed by atoms with E-state index in [-0.39, 0.29) is 5.91 Å². The molecule has 2 rings (SSSR count). The van der Waals surface area contributed by atoms with Crippen LogP contribution in [0.4, 0.5) is 0 Å². The van der Waals surface area contributed by atoms with Gasteiger partial charge in [0.25, 0.3) is 5.91 Å². The average Bonchev–Trinajstić information content (AvgIpc) is 2.94. The van der Waals surface area contributed by atoms with Crippen molar-refractivity contribution in [3.8, 4) is 18.1 Å². The number of carbonyl (C=O) groups excluding carboxylic acids is 1. The van der Waals surface area contributed by atoms with Gasteiger partial charge in [-0.25, -0.2) is 4.98 Å². The Labute approximate surface area is 115 Å². The normalized spacial score (nSPS) is 9.68. The third-order valence-corrected chi connectivity index (χ3v) is 3.27. The van der Waals surface area contributed by atoms with Gasteiger partial charge in [-0.05, 0) is 12.0 Å². The van der Waals surface area contributed by atoms with Crippen LogP contribution in [0.3, 0.4) is 0 Å². The number of carbonyl (C=O) groups is 1. The SMILES string of the molecule is C#Cc1nc(C(=O)NCc2ccccc2OC)cs1. The monoisotopic (exact) mass is 272 g/mol. The van der Waals surface area contributed by atoms with Crippen LogP contribution in [0.1, 0.15) is 21.1 Å². The summed E-state index contributed by atoms with van der Waals surface area (Å²) in [4.78, 5) is 15.9. The number of benzene rings is 1. The third kappa shape index (κ3) is 3.12. The molecule has 19 heavy (non-hydrogen) atoms. The van der Waals surface area contributed by atoms with E-state index in [1.54, 1.807) is 12.5 Å². The Kier molecular flexibility index (Phi) is 4.16. The second kappa shape index (κ2) is 6.03. The van der Waals surface area contributed by atoms with Crippen molar-refractivity contribution in [2.24, 2.45) is 0 Å². The lowest BCUT2D eigenvalue weighted by molar-refractivity contribution is 0.0946. The number of amides is 1. The van der Waals surface area contributed by atoms with E-state index in [0.717, 1.165) is 11.3 Å². The zero-order valence-corrected chi connectivity index (χ0v) is 11.2. The summed E-state index contributed by atoms with van der Waals surface area (Å²) in [5.74, 6) is 2.90. The molecule has 0 aliphatic carbocycles. The summed E-state index contributed by atoms with van der Waals surface area (Å²) >= 11 is 1.27. The van der Waals surface area contributed by atoms with E-state index < -0.39 is 0 Å². The first-order valence-electron chi connectivity index (χ1n) is 5.57. The van der Waals surface area contributed by atoms with Crippen molar-refractivity contribution in [3.05, 3.63) is 45.9 Å². The van der Waals surface area contributed by atoms with Gasteiger partial charge in [-0.3, -0.25) is 4.79 Å². The van der Waals surface area contributed by atoms with Gasteiger partial charge in [0.1, 0.15) is 11.4 Å². The third-order valence-electron chi connectivity index (χ3n) is 2.49. The minimum absolute atomic E-state index is 0.247. The molecule has 0 radical (unpaired) electrons. The molecule has 0 saturated carbocycles. The summed E-state index contributed by atoms with van der Waals surface area (Å²) in [5, 5.41) is 4.93. The molecule has 0 aliphatic rings. The second-order valence-electron chi connectivity index (χ2n) is 3.68. The first-order chi connectivity index (χ1) is 9.24. The molecule has 4 nitrogen and oxygen atoms in total. The van der Waals surface area contributed by atoms with Gasteiger partial charge in [-0.2, -0.15) is 0 Å². The number of ether oxygens (including phenoxy) is 1. The number of nitrogens with one attached hydrogen (secondary N) is 1. The molecule has 96 valence electrons. The summed E-state index contributed by atoms with van der Waals surface area (Å²) in [6.07, 6.45) is 5.22. The summed E-state index contributed by atoms with van der Waals surface area (Å²) in [6.45, 7) is 0.381. The number of terminal acetylenes is 1. The number of hydrogen-bond donors (Lipinski definition) is 1. The van der Waals surface area contributed by atoms with Crippen LogP contribution in [0.2, 0.25) is 0 Å². The highest BCUT2D eigenvalue weighted by Crippen LogP contribution is 2.17. The van der Waals surface area contributed by atoms with Gasteiger partial charge in [-0.15, -0.1) is 17.8 Å². The molecular formula is C14H12N2O2S. The molecular weight excluding hydrogens is 260 g/mol. The molecule has 1 N–H and O–H groups in total. The maximum atomic E-state index is 11.9. The second-order valence-corrected chi connectivity index (χ2v) is 4.53. The van der Waals surface area contributed by atoms with Gasteiger partial charge in [-0.1, -0.05) is 18.2 Å². The minimum atomic E-state index is -0.247. The van der Waals surface area contributed by atoms with Crippen LogP contribution in [-0.2, 0) is 6.54 Å². The van der Waals surface area contributed by atoms with Crippen molar-refractivity contribution in [1.82, 2.24) is 10.3 Å². The Balaban J connectivity index is 2.02. The topological polar surface area (TPSA) is 51.2 Å². The van der Waals surface area contributed by atoms with E-state index >= 15 is 0 Å². The highest BCUT2D eigenvalue weighted by Gasteiger charge is 2.10. The highest BCUT2D eigenvalue weighted by molar-refractivity contribution is 7.10. The molecule has 0 atom stereocenters. The largest absolute Gasteiger partial charge is 0.496 e. The maximum absolute atomic E-state index is 11.9. The molecule has 1 amide bonds. The van der Waals surface area contributed by atoms with Crippen LogP contribution >= 0.6 is 11.3 Å². The summed E-state index contributed by atoms with van der Waals surface area (Å²) in [7, 11) is 1.60. The fourth-order valence-electron chi connectivity index (χ4n) is 1.56. The average molecular weight is 272 g/mol. The minimum Gasteiger partial charge on any atom is -0.496 e. The molecule has 2 aromatic rings. The molecule has 1 aromatic heterocycles. The van der Waals surface area contributed by atoms with Gasteiger partial charge in [0.2, 0.25) is 0 Å². The van der Waals surface area contributed by atoms with E-state index in [1.807, 2.05) is 24.3 Å². The molecule has 0 unspecified atom stereocenters. The predicted molar refractivity (Wildman–Crippen MR) is 74.2 cm³/mol. The van der Waals surface area contributed by atoms with E-state index in [4.69, 9.17) is 11.2 Å². The number of hydrogen-bond acceptors (Lipinski definition) is 4. The molecule has 0 bridgehead atoms. The van der Waals surface area contributed by atoms with E-state index in [9.17, 15) is 4.79 Å². The van der Waals surface area contributed by atoms with Gasteiger partial charge >= 0.3 is 0 Å². The molecule has 0 spiro atoms. The Morgan fingerprint density at radius 3 is 3.00 bits per heavy atom. The molecule has 0 aliphatic heterocycles. The summed E-state index contributed by atoms with van der Waals surface area (Å²) in [5.41, 5.74) is 1.25. The lowest BCUT2D eigenvalue weighted by Gasteiger charge is -2.08. The molecule has 0 saturated heterocycles. The highest BCUT2D eigenvalue weighted by atomic mass is 32.1. The molecule has 1 heterocycles. The first-order valence-corrected chi connectivity index (χ1v) is 6.44. The quantitative estimate of drug-likeness (QED) is 0.867. The van der Waals surface area contributed by atoms with Crippen LogP contribution in [0.5, 0.6) is 5.75 Å². The smallest absolute Gasteiger partial charge is 0.271 e. The van der Waals surface area contributed by atoms with Crippen LogP contribution in [-0.4, -0.2) is 18.0 Å². The number of nitrogens with zero attached hydrogens (tertiary/aromatic N) is 1. The number of thiazole rings is 1. The van der Waals surface area contributed by atoms with E-state index in [0.29, 0.717) is 17.2 Å². The Bertz CT molecular complexity index is 628. The van der Waals surface area contributed by atoms with E-state index in [1.165, 1.54) is 11.3 Å². The lowest BCUT2D eigenvalue weighted by atomic mass is 10.2. The standard InChI is InChI=1S/C14H12N2O2S/c1-3-13-16-11(9-19-13)14(17)15-8-10-6-4-5-7-12(10)18-2/h1,4-7,9H,8H2,2H3,(H,15,17). The van der Waals surface area contributed by atoms with Crippen molar-refractivity contribution in [2.75, 3.05) is 7.11 Å². The number of methoxy groups -OCH3 is 1. The first kappa shape index (κ1) is 13.1. The van der Waals surface area contributed by atoms with Crippen molar-refractivity contribution in [3.63, 3.8) is 0 Å². The van der Waals surface area contributed by atoms with E-state index in [2.05, 4.69) is 16.2 Å². The van der Waals surface area contributed by atoms with Gasteiger partial charge in [0, 0.05) is 17.5 Å². The van der Waals surface area contributed by atoms with Crippen molar-refractivity contribution in [2.45, 2.75) is 6.54 Å². The fourth-order valence-corrected chi connectivity index (χ4v) is 2.16. The van der Waals surface area contributed by atoms with Crippen molar-refractivity contribution >= 4 is 17.2 Å². The molecule has 5 heteroatoms. The van der Waals surface area contributed by atoms with Gasteiger partial charge in [0.05, 0.1) is 7.11 Å². The van der Waals surface area contributed by atoms with Gasteiger partial charge < -0.3 is 10.1 Å². The summed E-state index contributed by atoms with van der Waals surface area (Å²) in [6, 6.07) is 7.51.